The van der Waals surface area contributed by atoms with E-state index in [1.54, 1.807) is 42.5 Å². The zero-order chi connectivity index (χ0) is 20.1. The zero-order valence-corrected chi connectivity index (χ0v) is 16.4. The first-order valence-corrected chi connectivity index (χ1v) is 9.37. The number of carbonyl (C=O) groups excluding carboxylic acids is 2. The monoisotopic (exact) mass is 396 g/mol. The number of rotatable bonds is 6. The van der Waals surface area contributed by atoms with E-state index in [2.05, 4.69) is 10.6 Å². The number of hydrogen-bond donors (Lipinski definition) is 2. The number of furan rings is 1. The molecule has 2 amide bonds. The highest BCUT2D eigenvalue weighted by atomic mass is 35.5. The summed E-state index contributed by atoms with van der Waals surface area (Å²) in [6, 6.07) is 15.7. The molecular formula is C22H21ClN2O3. The molecule has 1 aromatic heterocycles. The van der Waals surface area contributed by atoms with E-state index in [1.807, 2.05) is 26.0 Å². The number of carbonyl (C=O) groups is 2. The number of hydrogen-bond acceptors (Lipinski definition) is 3. The number of halogens is 1. The minimum absolute atomic E-state index is 0.132. The molecule has 2 N–H and O–H groups in total. The Bertz CT molecular complexity index is 966. The summed E-state index contributed by atoms with van der Waals surface area (Å²) in [4.78, 5) is 25.0. The second-order valence-electron chi connectivity index (χ2n) is 6.45. The van der Waals surface area contributed by atoms with Crippen molar-refractivity contribution in [3.63, 3.8) is 0 Å². The smallest absolute Gasteiger partial charge is 0.291 e. The van der Waals surface area contributed by atoms with Crippen molar-refractivity contribution in [3.05, 3.63) is 88.3 Å². The Hall–Kier alpha value is -3.05. The Morgan fingerprint density at radius 1 is 1.07 bits per heavy atom. The highest BCUT2D eigenvalue weighted by molar-refractivity contribution is 6.30. The van der Waals surface area contributed by atoms with E-state index in [-0.39, 0.29) is 23.6 Å². The molecule has 6 heteroatoms. The summed E-state index contributed by atoms with van der Waals surface area (Å²) in [6.07, 6.45) is 2.18. The molecular weight excluding hydrogens is 376 g/mol. The SMILES string of the molecule is CCC(NC(=O)c1ccc(C)c(NC(=O)c2ccco2)c1)c1ccc(Cl)cc1. The molecule has 0 spiro atoms. The average molecular weight is 397 g/mol. The summed E-state index contributed by atoms with van der Waals surface area (Å²) >= 11 is 5.94. The van der Waals surface area contributed by atoms with Gasteiger partial charge < -0.3 is 15.1 Å². The molecule has 0 aliphatic heterocycles. The van der Waals surface area contributed by atoms with Crippen LogP contribution >= 0.6 is 11.6 Å². The highest BCUT2D eigenvalue weighted by Crippen LogP contribution is 2.22. The first-order valence-electron chi connectivity index (χ1n) is 8.99. The van der Waals surface area contributed by atoms with Gasteiger partial charge >= 0.3 is 0 Å². The first-order chi connectivity index (χ1) is 13.5. The van der Waals surface area contributed by atoms with Crippen molar-refractivity contribution in [2.75, 3.05) is 5.32 Å². The van der Waals surface area contributed by atoms with Crippen LogP contribution < -0.4 is 10.6 Å². The zero-order valence-electron chi connectivity index (χ0n) is 15.7. The van der Waals surface area contributed by atoms with Crippen LogP contribution in [0.1, 0.15) is 51.4 Å². The third-order valence-corrected chi connectivity index (χ3v) is 4.73. The Kier molecular flexibility index (Phi) is 6.16. The molecule has 0 aliphatic rings. The Morgan fingerprint density at radius 3 is 2.46 bits per heavy atom. The van der Waals surface area contributed by atoms with Crippen LogP contribution in [0.5, 0.6) is 0 Å². The van der Waals surface area contributed by atoms with Crippen molar-refractivity contribution in [1.29, 1.82) is 0 Å². The van der Waals surface area contributed by atoms with Crippen molar-refractivity contribution >= 4 is 29.1 Å². The van der Waals surface area contributed by atoms with Gasteiger partial charge in [0, 0.05) is 16.3 Å². The summed E-state index contributed by atoms with van der Waals surface area (Å²) < 4.78 is 5.11. The van der Waals surface area contributed by atoms with Gasteiger partial charge in [-0.1, -0.05) is 36.7 Å². The molecule has 0 saturated heterocycles. The molecule has 3 rings (SSSR count). The summed E-state index contributed by atoms with van der Waals surface area (Å²) in [6.45, 7) is 3.87. The summed E-state index contributed by atoms with van der Waals surface area (Å²) in [5.74, 6) is -0.364. The highest BCUT2D eigenvalue weighted by Gasteiger charge is 2.16. The number of nitrogens with one attached hydrogen (secondary N) is 2. The fraction of sp³-hybridized carbons (Fsp3) is 0.182. The quantitative estimate of drug-likeness (QED) is 0.588. The Labute approximate surface area is 168 Å². The number of anilines is 1. The molecule has 0 saturated carbocycles. The molecule has 1 heterocycles. The van der Waals surface area contributed by atoms with Crippen molar-refractivity contribution in [1.82, 2.24) is 5.32 Å². The van der Waals surface area contributed by atoms with E-state index < -0.39 is 0 Å². The molecule has 28 heavy (non-hydrogen) atoms. The molecule has 0 fully saturated rings. The summed E-state index contributed by atoms with van der Waals surface area (Å²) in [5.41, 5.74) is 2.86. The summed E-state index contributed by atoms with van der Waals surface area (Å²) in [5, 5.41) is 6.47. The second-order valence-corrected chi connectivity index (χ2v) is 6.88. The second kappa shape index (κ2) is 8.76. The van der Waals surface area contributed by atoms with Gasteiger partial charge in [-0.05, 0) is 60.9 Å². The molecule has 0 radical (unpaired) electrons. The maximum atomic E-state index is 12.8. The van der Waals surface area contributed by atoms with Crippen LogP contribution in [0.3, 0.4) is 0 Å². The first kappa shape index (κ1) is 19.7. The molecule has 0 bridgehead atoms. The van der Waals surface area contributed by atoms with Gasteiger partial charge in [-0.2, -0.15) is 0 Å². The van der Waals surface area contributed by atoms with E-state index in [1.165, 1.54) is 6.26 Å². The van der Waals surface area contributed by atoms with Crippen LogP contribution in [-0.4, -0.2) is 11.8 Å². The van der Waals surface area contributed by atoms with Crippen LogP contribution in [0.4, 0.5) is 5.69 Å². The van der Waals surface area contributed by atoms with Gasteiger partial charge in [0.2, 0.25) is 0 Å². The fourth-order valence-corrected chi connectivity index (χ4v) is 2.97. The molecule has 1 atom stereocenters. The van der Waals surface area contributed by atoms with Gasteiger partial charge in [-0.3, -0.25) is 9.59 Å². The van der Waals surface area contributed by atoms with Gasteiger partial charge in [0.05, 0.1) is 12.3 Å². The van der Waals surface area contributed by atoms with Gasteiger partial charge in [-0.15, -0.1) is 0 Å². The van der Waals surface area contributed by atoms with E-state index in [9.17, 15) is 9.59 Å². The van der Waals surface area contributed by atoms with Gasteiger partial charge in [0.15, 0.2) is 5.76 Å². The predicted octanol–water partition coefficient (Wildman–Crippen LogP) is 5.37. The van der Waals surface area contributed by atoms with Crippen molar-refractivity contribution in [3.8, 4) is 0 Å². The predicted molar refractivity (Wildman–Crippen MR) is 110 cm³/mol. The topological polar surface area (TPSA) is 71.3 Å². The van der Waals surface area contributed by atoms with Gasteiger partial charge in [0.25, 0.3) is 11.8 Å². The fourth-order valence-electron chi connectivity index (χ4n) is 2.85. The standard InChI is InChI=1S/C22H21ClN2O3/c1-3-18(15-8-10-17(23)11-9-15)24-21(26)16-7-6-14(2)19(13-16)25-22(27)20-5-4-12-28-20/h4-13,18H,3H2,1-2H3,(H,24,26)(H,25,27). The van der Waals surface area contributed by atoms with Crippen LogP contribution in [0.25, 0.3) is 0 Å². The van der Waals surface area contributed by atoms with Crippen molar-refractivity contribution < 1.29 is 14.0 Å². The van der Waals surface area contributed by atoms with Gasteiger partial charge in [-0.25, -0.2) is 0 Å². The molecule has 3 aromatic rings. The van der Waals surface area contributed by atoms with E-state index >= 15 is 0 Å². The Balaban J connectivity index is 1.76. The molecule has 144 valence electrons. The lowest BCUT2D eigenvalue weighted by Crippen LogP contribution is -2.28. The molecule has 1 unspecified atom stereocenters. The minimum Gasteiger partial charge on any atom is -0.459 e. The number of amides is 2. The third kappa shape index (κ3) is 4.61. The normalized spacial score (nSPS) is 11.7. The molecule has 0 aliphatic carbocycles. The Morgan fingerprint density at radius 2 is 1.82 bits per heavy atom. The van der Waals surface area contributed by atoms with E-state index in [0.29, 0.717) is 16.3 Å². The maximum absolute atomic E-state index is 12.8. The van der Waals surface area contributed by atoms with Gasteiger partial charge in [0.1, 0.15) is 0 Å². The molecule has 2 aromatic carbocycles. The lowest BCUT2D eigenvalue weighted by atomic mass is 10.0. The van der Waals surface area contributed by atoms with Crippen LogP contribution in [0.15, 0.2) is 65.3 Å². The van der Waals surface area contributed by atoms with Crippen LogP contribution in [-0.2, 0) is 0 Å². The third-order valence-electron chi connectivity index (χ3n) is 4.48. The molecule has 5 nitrogen and oxygen atoms in total. The van der Waals surface area contributed by atoms with E-state index in [4.69, 9.17) is 16.0 Å². The average Bonchev–Trinajstić information content (AvgIpc) is 3.23. The maximum Gasteiger partial charge on any atom is 0.291 e. The largest absolute Gasteiger partial charge is 0.459 e. The summed E-state index contributed by atoms with van der Waals surface area (Å²) in [7, 11) is 0. The lowest BCUT2D eigenvalue weighted by molar-refractivity contribution is 0.0934. The number of aryl methyl sites for hydroxylation is 1. The van der Waals surface area contributed by atoms with Crippen LogP contribution in [0, 0.1) is 6.92 Å². The van der Waals surface area contributed by atoms with Crippen LogP contribution in [0.2, 0.25) is 5.02 Å². The van der Waals surface area contributed by atoms with E-state index in [0.717, 1.165) is 17.5 Å². The van der Waals surface area contributed by atoms with Crippen molar-refractivity contribution in [2.24, 2.45) is 0 Å². The minimum atomic E-state index is -0.363. The van der Waals surface area contributed by atoms with Crippen molar-refractivity contribution in [2.45, 2.75) is 26.3 Å². The number of benzene rings is 2. The lowest BCUT2D eigenvalue weighted by Gasteiger charge is -2.18.